The van der Waals surface area contributed by atoms with Gasteiger partial charge in [-0.15, -0.1) is 11.6 Å². The molecule has 2 saturated heterocycles. The Labute approximate surface area is 514 Å². The molecular weight excluding hydrogens is 1220 g/mol. The van der Waals surface area contributed by atoms with Crippen molar-refractivity contribution in [3.63, 3.8) is 0 Å². The Balaban J connectivity index is 0.000000446. The van der Waals surface area contributed by atoms with Gasteiger partial charge in [0.2, 0.25) is 0 Å². The van der Waals surface area contributed by atoms with Gasteiger partial charge in [0.25, 0.3) is 0 Å². The first-order valence-corrected chi connectivity index (χ1v) is 28.3. The zero-order valence-corrected chi connectivity index (χ0v) is 51.5. The third-order valence-electron chi connectivity index (χ3n) is 11.4. The van der Waals surface area contributed by atoms with Crippen LogP contribution in [0.5, 0.6) is 5.75 Å². The van der Waals surface area contributed by atoms with Gasteiger partial charge in [-0.2, -0.15) is 18.3 Å². The van der Waals surface area contributed by atoms with Crippen molar-refractivity contribution in [3.8, 4) is 17.6 Å². The van der Waals surface area contributed by atoms with E-state index >= 15 is 0 Å². The van der Waals surface area contributed by atoms with Gasteiger partial charge >= 0.3 is 0 Å². The first-order valence-electron chi connectivity index (χ1n) is 26.5. The van der Waals surface area contributed by atoms with Gasteiger partial charge in [0.1, 0.15) is 43.6 Å². The van der Waals surface area contributed by atoms with Crippen molar-refractivity contribution in [1.82, 2.24) is 25.7 Å². The molecule has 6 rings (SSSR count). The van der Waals surface area contributed by atoms with Crippen LogP contribution in [0.15, 0.2) is 53.4 Å². The summed E-state index contributed by atoms with van der Waals surface area (Å²) in [5, 5.41) is 19.5. The monoisotopic (exact) mass is 1290 g/mol. The number of carbonyl (C=O) groups excluding carboxylic acids is 1. The molecule has 0 amide bonds. The van der Waals surface area contributed by atoms with E-state index in [0.29, 0.717) is 164 Å². The molecule has 83 heavy (non-hydrogen) atoms. The van der Waals surface area contributed by atoms with Gasteiger partial charge in [0.05, 0.1) is 144 Å². The van der Waals surface area contributed by atoms with Crippen molar-refractivity contribution >= 4 is 32.7 Å². The molecule has 3 aliphatic rings. The molecule has 1 radical (unpaired) electrons. The molecule has 4 N–H and O–H groups in total. The average Bonchev–Trinajstić information content (AvgIpc) is 4.22. The molecule has 3 aliphatic heterocycles. The number of fused-ring (bicyclic) bond motifs is 2. The maximum Gasteiger partial charge on any atom is 0.192 e. The van der Waals surface area contributed by atoms with Crippen molar-refractivity contribution in [3.05, 3.63) is 98.3 Å². The third kappa shape index (κ3) is 32.2. The van der Waals surface area contributed by atoms with Crippen LogP contribution in [0.25, 0.3) is 10.2 Å². The number of nitrogens with one attached hydrogen (secondary N) is 2. The zero-order valence-electron chi connectivity index (χ0n) is 47.0. The van der Waals surface area contributed by atoms with E-state index in [2.05, 4.69) is 71.1 Å². The summed E-state index contributed by atoms with van der Waals surface area (Å²) in [6.07, 6.45) is 8.13. The Morgan fingerprint density at radius 1 is 0.880 bits per heavy atom. The van der Waals surface area contributed by atoms with Crippen LogP contribution in [-0.2, 0) is 120 Å². The summed E-state index contributed by atoms with van der Waals surface area (Å²) in [5.41, 5.74) is 7.88. The topological polar surface area (TPSA) is 273 Å². The largest absolute Gasteiger partial charge is 0.661 e. The van der Waals surface area contributed by atoms with Crippen LogP contribution >= 0.6 is 20.2 Å². The molecule has 463 valence electrons. The number of ether oxygens (including phenoxy) is 13. The summed E-state index contributed by atoms with van der Waals surface area (Å²) in [5.74, 6) is 2.63. The van der Waals surface area contributed by atoms with Crippen LogP contribution in [0, 0.1) is 29.3 Å². The molecule has 1 spiro atoms. The maximum absolute atomic E-state index is 12.5. The minimum Gasteiger partial charge on any atom is -0.661 e. The van der Waals surface area contributed by atoms with E-state index in [9.17, 15) is 18.0 Å². The number of hydrogen-bond acceptors (Lipinski definition) is 21. The molecule has 2 aromatic carbocycles. The Morgan fingerprint density at radius 3 is 2.07 bits per heavy atom. The normalized spacial score (nSPS) is 15.8. The molecule has 1 aromatic heterocycles. The van der Waals surface area contributed by atoms with Gasteiger partial charge in [-0.05, 0) is 36.1 Å². The summed E-state index contributed by atoms with van der Waals surface area (Å²) in [4.78, 5) is 31.0. The number of benzene rings is 2. The van der Waals surface area contributed by atoms with Gasteiger partial charge < -0.3 is 91.6 Å². The quantitative estimate of drug-likeness (QED) is 0.0149. The number of hydrogen-bond donors (Lipinski definition) is 4. The number of hydrazone groups is 1. The number of likely N-dealkylation sites (N-methyl/N-ethyl adjacent to an activating group) is 1. The van der Waals surface area contributed by atoms with Crippen LogP contribution < -0.4 is 15.5 Å². The van der Waals surface area contributed by atoms with E-state index in [1.807, 2.05) is 6.20 Å². The molecular formula is C53H77ClF3N8O16PY-2. The van der Waals surface area contributed by atoms with Crippen LogP contribution in [0.2, 0.25) is 0 Å². The number of aromatic nitrogens is 3. The second-order valence-electron chi connectivity index (χ2n) is 17.7. The van der Waals surface area contributed by atoms with Gasteiger partial charge in [-0.25, -0.2) is 29.6 Å². The number of methoxy groups -OCH3 is 1. The van der Waals surface area contributed by atoms with E-state index in [0.717, 1.165) is 56.2 Å². The van der Waals surface area contributed by atoms with Crippen molar-refractivity contribution in [1.29, 1.82) is 0 Å². The minimum absolute atomic E-state index is 0. The van der Waals surface area contributed by atoms with Gasteiger partial charge in [0, 0.05) is 82.6 Å². The molecule has 0 aliphatic carbocycles. The van der Waals surface area contributed by atoms with Crippen LogP contribution in [0.4, 0.5) is 13.2 Å². The van der Waals surface area contributed by atoms with E-state index in [1.165, 1.54) is 17.3 Å². The third-order valence-corrected chi connectivity index (χ3v) is 11.9. The van der Waals surface area contributed by atoms with Crippen LogP contribution in [0.3, 0.4) is 0 Å². The Morgan fingerprint density at radius 2 is 1.49 bits per heavy atom. The number of aldehydes is 1. The summed E-state index contributed by atoms with van der Waals surface area (Å²) in [6.45, 7) is 11.6. The smallest absolute Gasteiger partial charge is 0.192 e. The molecule has 3 aromatic rings. The SMILES string of the molecule is COc1c(F)cc(F)cc1F.C[N-]CC(/C=N\NC1CCC(COCP(O)O)O1)=C\[N-]Cl.O=CCCOCCOCCOCCOCCc1cn(COCCOCCOCCOCCOCC#Cc2ccc3c(c2)COC32CNC2)nn1.[Y]. The maximum atomic E-state index is 12.5. The Hall–Kier alpha value is -3.41. The number of carbonyl (C=O) groups is 1. The van der Waals surface area contributed by atoms with Crippen molar-refractivity contribution in [2.45, 2.75) is 57.0 Å². The summed E-state index contributed by atoms with van der Waals surface area (Å²) < 4.78 is 109. The molecule has 2 atom stereocenters. The Bertz CT molecular complexity index is 2310. The molecule has 24 nitrogen and oxygen atoms in total. The fourth-order valence-corrected chi connectivity index (χ4v) is 7.83. The summed E-state index contributed by atoms with van der Waals surface area (Å²) in [7, 11) is 0.796. The molecule has 0 bridgehead atoms. The summed E-state index contributed by atoms with van der Waals surface area (Å²) in [6, 6.07) is 7.43. The number of rotatable bonds is 41. The predicted molar refractivity (Wildman–Crippen MR) is 296 cm³/mol. The molecule has 30 heteroatoms. The van der Waals surface area contributed by atoms with E-state index in [4.69, 9.17) is 78.4 Å². The average molecular weight is 1290 g/mol. The number of halogens is 4. The van der Waals surface area contributed by atoms with Gasteiger partial charge in [0.15, 0.2) is 25.8 Å². The number of nitrogens with zero attached hydrogens (tertiary/aromatic N) is 6. The predicted octanol–water partition coefficient (Wildman–Crippen LogP) is 4.76. The van der Waals surface area contributed by atoms with E-state index in [-0.39, 0.29) is 57.0 Å². The fourth-order valence-electron chi connectivity index (χ4n) is 7.43. The fraction of sp³-hybridized carbons (Fsp3) is 0.623. The minimum atomic E-state index is -2.01. The summed E-state index contributed by atoms with van der Waals surface area (Å²) >= 11 is 5.28. The standard InChI is InChI=1S/C35H52N4O11.C11H20ClN4O4P.C7H5F3O.Y/c40-7-2-9-42-12-15-45-17-19-46-16-13-43-10-6-33-26-39(38-37-33)30-49-24-23-48-22-21-47-20-18-44-14-11-41-8-1-3-31-4-5-34-32(25-31)27-50-35(34)28-36-29-35;1-13-4-9(5-14-12)6-15-16-11-3-2-10(20-11)7-19-8-21(17)18;1-11-7-5(9)2-4(8)3-6(7)10;/h4-5,7,25-26,36H,2,6,8-24,27-30H2;5-6,10-11,16-18H,2-4,7-8H2,1H3;2-3H,1H3;/q;-2;;/b;9-5+,15-6-;;. The van der Waals surface area contributed by atoms with Crippen molar-refractivity contribution < 1.29 is 122 Å². The molecule has 2 unspecified atom stereocenters. The first-order chi connectivity index (χ1) is 40.1. The zero-order chi connectivity index (χ0) is 58.7. The van der Waals surface area contributed by atoms with Crippen molar-refractivity contribution in [2.24, 2.45) is 5.10 Å². The van der Waals surface area contributed by atoms with Crippen molar-refractivity contribution in [2.75, 3.05) is 159 Å². The molecule has 0 saturated carbocycles. The van der Waals surface area contributed by atoms with Crippen LogP contribution in [-0.4, -0.2) is 209 Å². The van der Waals surface area contributed by atoms with Crippen LogP contribution in [0.1, 0.15) is 41.6 Å². The van der Waals surface area contributed by atoms with Gasteiger partial charge in [-0.3, -0.25) is 5.43 Å². The van der Waals surface area contributed by atoms with Gasteiger partial charge in [-0.1, -0.05) is 28.7 Å². The second kappa shape index (κ2) is 46.8. The molecule has 4 heterocycles. The molecule has 2 fully saturated rings. The Kier molecular flexibility index (Phi) is 41.6. The first kappa shape index (κ1) is 73.8. The second-order valence-corrected chi connectivity index (χ2v) is 18.9. The van der Waals surface area contributed by atoms with E-state index < -0.39 is 31.6 Å². The van der Waals surface area contributed by atoms with E-state index in [1.54, 1.807) is 17.9 Å².